The minimum Gasteiger partial charge on any atom is -0.351 e. The van der Waals surface area contributed by atoms with Crippen LogP contribution in [0.25, 0.3) is 0 Å². The Labute approximate surface area is 157 Å². The number of nitrogens with one attached hydrogen (secondary N) is 1. The molecule has 0 aromatic heterocycles. The van der Waals surface area contributed by atoms with Gasteiger partial charge in [0, 0.05) is 24.6 Å². The molecule has 1 fully saturated rings. The first-order valence-corrected chi connectivity index (χ1v) is 10.3. The first kappa shape index (κ1) is 18.9. The number of amides is 2. The SMILES string of the molecule is CCCN1C(=O)c2ccccc2CC1(C)C(=O)NC1CCCCCCC1. The van der Waals surface area contributed by atoms with Gasteiger partial charge in [-0.25, -0.2) is 0 Å². The average Bonchev–Trinajstić information content (AvgIpc) is 2.60. The van der Waals surface area contributed by atoms with E-state index in [4.69, 9.17) is 0 Å². The molecule has 2 amide bonds. The molecule has 0 saturated heterocycles. The van der Waals surface area contributed by atoms with E-state index in [9.17, 15) is 9.59 Å². The maximum Gasteiger partial charge on any atom is 0.255 e. The number of nitrogens with zero attached hydrogens (tertiary/aromatic N) is 1. The molecular formula is C22H32N2O2. The highest BCUT2D eigenvalue weighted by atomic mass is 16.2. The highest BCUT2D eigenvalue weighted by molar-refractivity contribution is 6.02. The summed E-state index contributed by atoms with van der Waals surface area (Å²) < 4.78 is 0. The lowest BCUT2D eigenvalue weighted by atomic mass is 9.82. The maximum atomic E-state index is 13.3. The van der Waals surface area contributed by atoms with Gasteiger partial charge in [0.05, 0.1) is 0 Å². The van der Waals surface area contributed by atoms with Crippen LogP contribution >= 0.6 is 0 Å². The fourth-order valence-corrected chi connectivity index (χ4v) is 4.44. The van der Waals surface area contributed by atoms with Crippen LogP contribution in [0, 0.1) is 0 Å². The molecule has 142 valence electrons. The van der Waals surface area contributed by atoms with Crippen LogP contribution in [0.3, 0.4) is 0 Å². The van der Waals surface area contributed by atoms with E-state index in [-0.39, 0.29) is 17.9 Å². The highest BCUT2D eigenvalue weighted by Crippen LogP contribution is 2.32. The lowest BCUT2D eigenvalue weighted by molar-refractivity contribution is -0.132. The topological polar surface area (TPSA) is 49.4 Å². The van der Waals surface area contributed by atoms with Gasteiger partial charge >= 0.3 is 0 Å². The van der Waals surface area contributed by atoms with Crippen LogP contribution in [0.5, 0.6) is 0 Å². The largest absolute Gasteiger partial charge is 0.351 e. The summed E-state index contributed by atoms with van der Waals surface area (Å²) in [6.45, 7) is 4.61. The van der Waals surface area contributed by atoms with E-state index in [1.165, 1.54) is 32.1 Å². The van der Waals surface area contributed by atoms with Gasteiger partial charge < -0.3 is 10.2 Å². The molecule has 0 bridgehead atoms. The smallest absolute Gasteiger partial charge is 0.255 e. The van der Waals surface area contributed by atoms with Crippen LogP contribution in [0.15, 0.2) is 24.3 Å². The minimum absolute atomic E-state index is 0.0102. The molecule has 2 aliphatic rings. The summed E-state index contributed by atoms with van der Waals surface area (Å²) in [6, 6.07) is 7.97. The van der Waals surface area contributed by atoms with E-state index in [1.807, 2.05) is 31.2 Å². The van der Waals surface area contributed by atoms with E-state index < -0.39 is 5.54 Å². The third kappa shape index (κ3) is 3.79. The van der Waals surface area contributed by atoms with Crippen LogP contribution in [0.1, 0.15) is 81.1 Å². The van der Waals surface area contributed by atoms with Crippen molar-refractivity contribution in [3.8, 4) is 0 Å². The van der Waals surface area contributed by atoms with E-state index in [0.29, 0.717) is 13.0 Å². The third-order valence-electron chi connectivity index (χ3n) is 6.00. The third-order valence-corrected chi connectivity index (χ3v) is 6.00. The van der Waals surface area contributed by atoms with Gasteiger partial charge in [0.25, 0.3) is 5.91 Å². The van der Waals surface area contributed by atoms with Gasteiger partial charge in [0.1, 0.15) is 5.54 Å². The summed E-state index contributed by atoms with van der Waals surface area (Å²) in [5.74, 6) is 0.00314. The highest BCUT2D eigenvalue weighted by Gasteiger charge is 2.46. The van der Waals surface area contributed by atoms with Crippen molar-refractivity contribution in [2.24, 2.45) is 0 Å². The number of fused-ring (bicyclic) bond motifs is 1. The molecular weight excluding hydrogens is 324 g/mol. The molecule has 1 heterocycles. The number of carbonyl (C=O) groups excluding carboxylic acids is 2. The Hall–Kier alpha value is -1.84. The molecule has 1 aliphatic heterocycles. The Balaban J connectivity index is 1.82. The van der Waals surface area contributed by atoms with Crippen molar-refractivity contribution in [1.29, 1.82) is 0 Å². The Morgan fingerprint density at radius 1 is 1.15 bits per heavy atom. The molecule has 1 aromatic rings. The predicted molar refractivity (Wildman–Crippen MR) is 104 cm³/mol. The minimum atomic E-state index is -0.802. The lowest BCUT2D eigenvalue weighted by Crippen LogP contribution is -2.63. The Morgan fingerprint density at radius 3 is 2.50 bits per heavy atom. The summed E-state index contributed by atoms with van der Waals surface area (Å²) in [4.78, 5) is 28.2. The van der Waals surface area contributed by atoms with Crippen LogP contribution in [-0.4, -0.2) is 34.8 Å². The molecule has 0 spiro atoms. The maximum absolute atomic E-state index is 13.3. The Kier molecular flexibility index (Phi) is 6.00. The van der Waals surface area contributed by atoms with Crippen molar-refractivity contribution in [2.45, 2.75) is 83.2 Å². The van der Waals surface area contributed by atoms with Gasteiger partial charge in [-0.1, -0.05) is 57.2 Å². The zero-order valence-electron chi connectivity index (χ0n) is 16.2. The molecule has 1 aromatic carbocycles. The zero-order valence-corrected chi connectivity index (χ0v) is 16.2. The van der Waals surface area contributed by atoms with Crippen molar-refractivity contribution < 1.29 is 9.59 Å². The zero-order chi connectivity index (χ0) is 18.6. The first-order valence-electron chi connectivity index (χ1n) is 10.3. The second kappa shape index (κ2) is 8.24. The molecule has 4 heteroatoms. The fraction of sp³-hybridized carbons (Fsp3) is 0.636. The molecule has 4 nitrogen and oxygen atoms in total. The Bertz CT molecular complexity index is 649. The molecule has 1 atom stereocenters. The molecule has 1 unspecified atom stereocenters. The van der Waals surface area contributed by atoms with Crippen LogP contribution in [0.4, 0.5) is 0 Å². The summed E-state index contributed by atoms with van der Waals surface area (Å²) >= 11 is 0. The van der Waals surface area contributed by atoms with Gasteiger partial charge in [0.15, 0.2) is 0 Å². The molecule has 26 heavy (non-hydrogen) atoms. The van der Waals surface area contributed by atoms with Gasteiger partial charge in [-0.05, 0) is 37.8 Å². The quantitative estimate of drug-likeness (QED) is 0.883. The summed E-state index contributed by atoms with van der Waals surface area (Å²) in [6.07, 6.45) is 9.75. The summed E-state index contributed by atoms with van der Waals surface area (Å²) in [5, 5.41) is 3.30. The number of carbonyl (C=O) groups is 2. The number of hydrogen-bond acceptors (Lipinski definition) is 2. The normalized spacial score (nSPS) is 24.5. The molecule has 0 radical (unpaired) electrons. The summed E-state index contributed by atoms with van der Waals surface area (Å²) in [7, 11) is 0. The number of benzene rings is 1. The van der Waals surface area contributed by atoms with Crippen molar-refractivity contribution in [3.63, 3.8) is 0 Å². The standard InChI is InChI=1S/C22H32N2O2/c1-3-15-24-20(25)19-14-10-9-11-17(19)16-22(24,2)21(26)23-18-12-7-5-4-6-8-13-18/h9-11,14,18H,3-8,12-13,15-16H2,1-2H3,(H,23,26). The monoisotopic (exact) mass is 356 g/mol. The molecule has 1 saturated carbocycles. The van der Waals surface area contributed by atoms with E-state index >= 15 is 0 Å². The van der Waals surface area contributed by atoms with E-state index in [1.54, 1.807) is 4.90 Å². The fourth-order valence-electron chi connectivity index (χ4n) is 4.44. The second-order valence-corrected chi connectivity index (χ2v) is 8.08. The molecule has 1 N–H and O–H groups in total. The van der Waals surface area contributed by atoms with Crippen molar-refractivity contribution in [3.05, 3.63) is 35.4 Å². The van der Waals surface area contributed by atoms with Gasteiger partial charge in [0.2, 0.25) is 5.91 Å². The average molecular weight is 357 g/mol. The van der Waals surface area contributed by atoms with Crippen LogP contribution < -0.4 is 5.32 Å². The van der Waals surface area contributed by atoms with Gasteiger partial charge in [-0.3, -0.25) is 9.59 Å². The number of rotatable bonds is 4. The number of hydrogen-bond donors (Lipinski definition) is 1. The molecule has 1 aliphatic carbocycles. The van der Waals surface area contributed by atoms with Crippen molar-refractivity contribution in [2.75, 3.05) is 6.54 Å². The second-order valence-electron chi connectivity index (χ2n) is 8.08. The van der Waals surface area contributed by atoms with Crippen molar-refractivity contribution >= 4 is 11.8 Å². The van der Waals surface area contributed by atoms with E-state index in [2.05, 4.69) is 12.2 Å². The molecule has 3 rings (SSSR count). The van der Waals surface area contributed by atoms with Gasteiger partial charge in [-0.15, -0.1) is 0 Å². The van der Waals surface area contributed by atoms with Crippen LogP contribution in [-0.2, 0) is 11.2 Å². The van der Waals surface area contributed by atoms with Crippen LogP contribution in [0.2, 0.25) is 0 Å². The first-order chi connectivity index (χ1) is 12.6. The van der Waals surface area contributed by atoms with Gasteiger partial charge in [-0.2, -0.15) is 0 Å². The predicted octanol–water partition coefficient (Wildman–Crippen LogP) is 4.08. The summed E-state index contributed by atoms with van der Waals surface area (Å²) in [5.41, 5.74) is 0.932. The van der Waals surface area contributed by atoms with E-state index in [0.717, 1.165) is 30.4 Å². The lowest BCUT2D eigenvalue weighted by Gasteiger charge is -2.44. The van der Waals surface area contributed by atoms with Crippen molar-refractivity contribution in [1.82, 2.24) is 10.2 Å². The Morgan fingerprint density at radius 2 is 1.81 bits per heavy atom.